The molecule has 74 valence electrons. The second-order valence-electron chi connectivity index (χ2n) is 2.87. The van der Waals surface area contributed by atoms with E-state index in [1.807, 2.05) is 10.8 Å². The van der Waals surface area contributed by atoms with Crippen LogP contribution >= 0.6 is 0 Å². The maximum atomic E-state index is 5.01. The number of nitrogens with one attached hydrogen (secondary N) is 1. The molecule has 2 aromatic heterocycles. The molecule has 0 bridgehead atoms. The second kappa shape index (κ2) is 4.06. The van der Waals surface area contributed by atoms with Crippen molar-refractivity contribution in [3.8, 4) is 11.6 Å². The summed E-state index contributed by atoms with van der Waals surface area (Å²) in [7, 11) is 1.68. The van der Waals surface area contributed by atoms with E-state index in [0.717, 1.165) is 18.2 Å². The van der Waals surface area contributed by atoms with Gasteiger partial charge < -0.3 is 14.3 Å². The van der Waals surface area contributed by atoms with Crippen LogP contribution in [-0.2, 0) is 11.3 Å². The maximum Gasteiger partial charge on any atom is 0.176 e. The van der Waals surface area contributed by atoms with E-state index in [2.05, 4.69) is 15.0 Å². The highest BCUT2D eigenvalue weighted by Crippen LogP contribution is 2.11. The van der Waals surface area contributed by atoms with E-state index < -0.39 is 0 Å². The van der Waals surface area contributed by atoms with Gasteiger partial charge in [0.25, 0.3) is 0 Å². The SMILES string of the molecule is COCCn1ccnc1-c1ncc[nH]1. The van der Waals surface area contributed by atoms with Crippen LogP contribution in [0.2, 0.25) is 0 Å². The Morgan fingerprint density at radius 1 is 1.43 bits per heavy atom. The molecule has 14 heavy (non-hydrogen) atoms. The molecule has 2 heterocycles. The van der Waals surface area contributed by atoms with E-state index in [1.165, 1.54) is 0 Å². The number of hydrogen-bond donors (Lipinski definition) is 1. The van der Waals surface area contributed by atoms with Gasteiger partial charge in [-0.1, -0.05) is 0 Å². The first kappa shape index (κ1) is 8.96. The van der Waals surface area contributed by atoms with E-state index in [9.17, 15) is 0 Å². The number of methoxy groups -OCH3 is 1. The van der Waals surface area contributed by atoms with Gasteiger partial charge in [-0.2, -0.15) is 0 Å². The molecule has 0 atom stereocenters. The molecule has 0 spiro atoms. The number of H-pyrrole nitrogens is 1. The molecule has 0 aliphatic carbocycles. The van der Waals surface area contributed by atoms with Crippen molar-refractivity contribution in [2.45, 2.75) is 6.54 Å². The molecule has 0 aliphatic rings. The molecule has 0 saturated heterocycles. The summed E-state index contributed by atoms with van der Waals surface area (Å²) in [6, 6.07) is 0. The second-order valence-corrected chi connectivity index (χ2v) is 2.87. The molecule has 0 aliphatic heterocycles. The standard InChI is InChI=1S/C9H12N4O/c1-14-7-6-13-5-4-12-9(13)8-10-2-3-11-8/h2-5H,6-7H2,1H3,(H,10,11). The van der Waals surface area contributed by atoms with Crippen molar-refractivity contribution in [2.75, 3.05) is 13.7 Å². The minimum Gasteiger partial charge on any atom is -0.383 e. The Hall–Kier alpha value is -1.62. The Morgan fingerprint density at radius 2 is 2.36 bits per heavy atom. The van der Waals surface area contributed by atoms with Gasteiger partial charge in [0.05, 0.1) is 6.61 Å². The van der Waals surface area contributed by atoms with Crippen LogP contribution in [0, 0.1) is 0 Å². The van der Waals surface area contributed by atoms with Crippen molar-refractivity contribution in [2.24, 2.45) is 0 Å². The first-order valence-electron chi connectivity index (χ1n) is 4.41. The topological polar surface area (TPSA) is 55.7 Å². The van der Waals surface area contributed by atoms with Gasteiger partial charge >= 0.3 is 0 Å². The molecule has 2 rings (SSSR count). The van der Waals surface area contributed by atoms with E-state index >= 15 is 0 Å². The van der Waals surface area contributed by atoms with Crippen LogP contribution in [0.1, 0.15) is 0 Å². The van der Waals surface area contributed by atoms with Gasteiger partial charge in [0.2, 0.25) is 0 Å². The first-order valence-corrected chi connectivity index (χ1v) is 4.41. The minimum atomic E-state index is 0.671. The normalized spacial score (nSPS) is 10.6. The quantitative estimate of drug-likeness (QED) is 0.783. The largest absolute Gasteiger partial charge is 0.383 e. The van der Waals surface area contributed by atoms with Gasteiger partial charge in [-0.05, 0) is 0 Å². The predicted molar refractivity (Wildman–Crippen MR) is 51.7 cm³/mol. The lowest BCUT2D eigenvalue weighted by Gasteiger charge is -2.04. The maximum absolute atomic E-state index is 5.01. The molecule has 0 saturated carbocycles. The fraction of sp³-hybridized carbons (Fsp3) is 0.333. The van der Waals surface area contributed by atoms with Crippen LogP contribution in [0.15, 0.2) is 24.8 Å². The van der Waals surface area contributed by atoms with Crippen molar-refractivity contribution < 1.29 is 4.74 Å². The van der Waals surface area contributed by atoms with Crippen molar-refractivity contribution in [1.29, 1.82) is 0 Å². The van der Waals surface area contributed by atoms with Gasteiger partial charge in [0.15, 0.2) is 11.6 Å². The fourth-order valence-electron chi connectivity index (χ4n) is 1.28. The third kappa shape index (κ3) is 1.67. The van der Waals surface area contributed by atoms with Crippen molar-refractivity contribution in [3.05, 3.63) is 24.8 Å². The lowest BCUT2D eigenvalue weighted by Crippen LogP contribution is -2.05. The van der Waals surface area contributed by atoms with Crippen LogP contribution in [0.4, 0.5) is 0 Å². The summed E-state index contributed by atoms with van der Waals surface area (Å²) in [6.45, 7) is 1.45. The number of hydrogen-bond acceptors (Lipinski definition) is 3. The number of imidazole rings is 2. The summed E-state index contributed by atoms with van der Waals surface area (Å²) < 4.78 is 7.01. The van der Waals surface area contributed by atoms with E-state index in [1.54, 1.807) is 25.7 Å². The Bertz CT molecular complexity index is 379. The molecule has 2 aromatic rings. The van der Waals surface area contributed by atoms with Crippen molar-refractivity contribution in [3.63, 3.8) is 0 Å². The highest BCUT2D eigenvalue weighted by Gasteiger charge is 2.06. The van der Waals surface area contributed by atoms with Crippen LogP contribution in [-0.4, -0.2) is 33.2 Å². The zero-order chi connectivity index (χ0) is 9.80. The van der Waals surface area contributed by atoms with E-state index in [-0.39, 0.29) is 0 Å². The minimum absolute atomic E-state index is 0.671. The summed E-state index contributed by atoms with van der Waals surface area (Å²) >= 11 is 0. The molecule has 0 fully saturated rings. The third-order valence-corrected chi connectivity index (χ3v) is 1.96. The van der Waals surface area contributed by atoms with Crippen LogP contribution in [0.3, 0.4) is 0 Å². The van der Waals surface area contributed by atoms with Crippen molar-refractivity contribution in [1.82, 2.24) is 19.5 Å². The molecule has 0 unspecified atom stereocenters. The molecule has 0 radical (unpaired) electrons. The van der Waals surface area contributed by atoms with Gasteiger partial charge in [0, 0.05) is 38.4 Å². The highest BCUT2D eigenvalue weighted by molar-refractivity contribution is 5.43. The van der Waals surface area contributed by atoms with Crippen LogP contribution < -0.4 is 0 Å². The lowest BCUT2D eigenvalue weighted by molar-refractivity contribution is 0.187. The average molecular weight is 192 g/mol. The Balaban J connectivity index is 2.22. The zero-order valence-electron chi connectivity index (χ0n) is 7.97. The van der Waals surface area contributed by atoms with Gasteiger partial charge in [0.1, 0.15) is 0 Å². The molecule has 5 nitrogen and oxygen atoms in total. The smallest absolute Gasteiger partial charge is 0.176 e. The van der Waals surface area contributed by atoms with Crippen LogP contribution in [0.25, 0.3) is 11.6 Å². The lowest BCUT2D eigenvalue weighted by atomic mass is 10.5. The molecule has 0 amide bonds. The Labute approximate surface area is 81.8 Å². The monoisotopic (exact) mass is 192 g/mol. The molecule has 5 heteroatoms. The summed E-state index contributed by atoms with van der Waals surface area (Å²) in [5.74, 6) is 1.62. The highest BCUT2D eigenvalue weighted by atomic mass is 16.5. The first-order chi connectivity index (χ1) is 6.92. The van der Waals surface area contributed by atoms with Gasteiger partial charge in [-0.3, -0.25) is 0 Å². The predicted octanol–water partition coefficient (Wildman–Crippen LogP) is 0.920. The number of ether oxygens (including phenoxy) is 1. The summed E-state index contributed by atoms with van der Waals surface area (Å²) in [5, 5.41) is 0. The Morgan fingerprint density at radius 3 is 3.07 bits per heavy atom. The molecule has 0 aromatic carbocycles. The molecular formula is C9H12N4O. The number of aromatic nitrogens is 4. The summed E-state index contributed by atoms with van der Waals surface area (Å²) in [4.78, 5) is 11.4. The zero-order valence-corrected chi connectivity index (χ0v) is 7.97. The van der Waals surface area contributed by atoms with E-state index in [0.29, 0.717) is 6.61 Å². The third-order valence-electron chi connectivity index (χ3n) is 1.96. The molecule has 1 N–H and O–H groups in total. The van der Waals surface area contributed by atoms with Gasteiger partial charge in [-0.25, -0.2) is 9.97 Å². The van der Waals surface area contributed by atoms with E-state index in [4.69, 9.17) is 4.74 Å². The Kier molecular flexibility index (Phi) is 2.60. The average Bonchev–Trinajstić information content (AvgIpc) is 2.84. The number of rotatable bonds is 4. The van der Waals surface area contributed by atoms with Gasteiger partial charge in [-0.15, -0.1) is 0 Å². The number of aromatic amines is 1. The van der Waals surface area contributed by atoms with Crippen molar-refractivity contribution >= 4 is 0 Å². The summed E-state index contributed by atoms with van der Waals surface area (Å²) in [5.41, 5.74) is 0. The van der Waals surface area contributed by atoms with Crippen LogP contribution in [0.5, 0.6) is 0 Å². The fourth-order valence-corrected chi connectivity index (χ4v) is 1.28. The number of nitrogens with zero attached hydrogens (tertiary/aromatic N) is 3. The summed E-state index contributed by atoms with van der Waals surface area (Å²) in [6.07, 6.45) is 7.17. The molecular weight excluding hydrogens is 180 g/mol.